The van der Waals surface area contributed by atoms with Gasteiger partial charge in [-0.25, -0.2) is 9.88 Å². The molecular formula is C26H24N4O3. The van der Waals surface area contributed by atoms with Gasteiger partial charge in [-0.2, -0.15) is 0 Å². The van der Waals surface area contributed by atoms with Gasteiger partial charge in [0.25, 0.3) is 11.8 Å². The monoisotopic (exact) mass is 440 g/mol. The van der Waals surface area contributed by atoms with E-state index in [2.05, 4.69) is 9.88 Å². The standard InChI is InChI=1S/C26H24N4O3/c1-33-21-12-6-5-11-20(21)23-24(26(32)30(25(23)31)19-9-3-2-4-10-19)29-17-15-28(16-18-29)22-13-7-8-14-27-22/h2-14H,15-18H2,1H3. The van der Waals surface area contributed by atoms with Crippen LogP contribution in [0.15, 0.2) is 84.7 Å². The average Bonchev–Trinajstić information content (AvgIpc) is 3.14. The van der Waals surface area contributed by atoms with Crippen molar-refractivity contribution in [2.45, 2.75) is 0 Å². The molecule has 0 aliphatic carbocycles. The summed E-state index contributed by atoms with van der Waals surface area (Å²) in [6.45, 7) is 2.61. The van der Waals surface area contributed by atoms with E-state index in [0.29, 0.717) is 54.4 Å². The third-order valence-corrected chi connectivity index (χ3v) is 6.02. The molecule has 0 saturated carbocycles. The van der Waals surface area contributed by atoms with Crippen molar-refractivity contribution in [3.8, 4) is 5.75 Å². The number of hydrogen-bond donors (Lipinski definition) is 0. The summed E-state index contributed by atoms with van der Waals surface area (Å²) in [5.74, 6) is 0.834. The molecule has 33 heavy (non-hydrogen) atoms. The third-order valence-electron chi connectivity index (χ3n) is 6.02. The maximum atomic E-state index is 13.7. The Hall–Kier alpha value is -4.13. The number of carbonyl (C=O) groups is 2. The molecule has 7 nitrogen and oxygen atoms in total. The van der Waals surface area contributed by atoms with Crippen LogP contribution < -0.4 is 14.5 Å². The van der Waals surface area contributed by atoms with Crippen LogP contribution in [0.25, 0.3) is 5.57 Å². The van der Waals surface area contributed by atoms with Crippen molar-refractivity contribution in [3.05, 3.63) is 90.3 Å². The lowest BCUT2D eigenvalue weighted by molar-refractivity contribution is -0.120. The average molecular weight is 441 g/mol. The second kappa shape index (κ2) is 8.78. The first-order valence-corrected chi connectivity index (χ1v) is 10.9. The van der Waals surface area contributed by atoms with Crippen molar-refractivity contribution in [2.75, 3.05) is 43.1 Å². The highest BCUT2D eigenvalue weighted by molar-refractivity contribution is 6.45. The van der Waals surface area contributed by atoms with Crippen molar-refractivity contribution in [1.82, 2.24) is 9.88 Å². The van der Waals surface area contributed by atoms with E-state index < -0.39 is 0 Å². The van der Waals surface area contributed by atoms with Crippen molar-refractivity contribution in [2.24, 2.45) is 0 Å². The Balaban J connectivity index is 1.53. The zero-order chi connectivity index (χ0) is 22.8. The normalized spacial score (nSPS) is 16.6. The number of imide groups is 1. The molecule has 1 aromatic heterocycles. The van der Waals surface area contributed by atoms with Crippen LogP contribution in [0.5, 0.6) is 5.75 Å². The van der Waals surface area contributed by atoms with Gasteiger partial charge in [-0.15, -0.1) is 0 Å². The van der Waals surface area contributed by atoms with Gasteiger partial charge >= 0.3 is 0 Å². The number of pyridine rings is 1. The van der Waals surface area contributed by atoms with Crippen LogP contribution in [0, 0.1) is 0 Å². The lowest BCUT2D eigenvalue weighted by Gasteiger charge is -2.37. The molecule has 2 aliphatic rings. The van der Waals surface area contributed by atoms with Crippen molar-refractivity contribution < 1.29 is 14.3 Å². The molecule has 2 amide bonds. The van der Waals surface area contributed by atoms with Crippen LogP contribution in [0.3, 0.4) is 0 Å². The van der Waals surface area contributed by atoms with Crippen LogP contribution >= 0.6 is 0 Å². The fourth-order valence-corrected chi connectivity index (χ4v) is 4.42. The van der Waals surface area contributed by atoms with Crippen molar-refractivity contribution in [3.63, 3.8) is 0 Å². The highest BCUT2D eigenvalue weighted by Crippen LogP contribution is 2.38. The quantitative estimate of drug-likeness (QED) is 0.568. The lowest BCUT2D eigenvalue weighted by Crippen LogP contribution is -2.48. The molecular weight excluding hydrogens is 416 g/mol. The van der Waals surface area contributed by atoms with Gasteiger partial charge in [0.1, 0.15) is 17.3 Å². The van der Waals surface area contributed by atoms with Crippen molar-refractivity contribution in [1.29, 1.82) is 0 Å². The fourth-order valence-electron chi connectivity index (χ4n) is 4.42. The second-order valence-electron chi connectivity index (χ2n) is 7.87. The summed E-state index contributed by atoms with van der Waals surface area (Å²) in [4.78, 5) is 37.3. The molecule has 0 N–H and O–H groups in total. The van der Waals surface area contributed by atoms with Gasteiger partial charge < -0.3 is 14.5 Å². The topological polar surface area (TPSA) is 66.0 Å². The summed E-state index contributed by atoms with van der Waals surface area (Å²) < 4.78 is 5.54. The van der Waals surface area contributed by atoms with Crippen LogP contribution in [-0.4, -0.2) is 55.0 Å². The minimum atomic E-state index is -0.335. The summed E-state index contributed by atoms with van der Waals surface area (Å²) in [7, 11) is 1.57. The summed E-state index contributed by atoms with van der Waals surface area (Å²) in [5.41, 5.74) is 1.99. The predicted molar refractivity (Wildman–Crippen MR) is 127 cm³/mol. The van der Waals surface area contributed by atoms with Gasteiger partial charge in [0.2, 0.25) is 0 Å². The number of benzene rings is 2. The number of nitrogens with zero attached hydrogens (tertiary/aromatic N) is 4. The van der Waals surface area contributed by atoms with Gasteiger partial charge in [0.05, 0.1) is 18.4 Å². The Morgan fingerprint density at radius 1 is 0.758 bits per heavy atom. The molecule has 1 saturated heterocycles. The first-order chi connectivity index (χ1) is 16.2. The molecule has 3 heterocycles. The number of methoxy groups -OCH3 is 1. The number of anilines is 2. The predicted octanol–water partition coefficient (Wildman–Crippen LogP) is 3.20. The van der Waals surface area contributed by atoms with E-state index >= 15 is 0 Å². The van der Waals surface area contributed by atoms with Crippen LogP contribution in [-0.2, 0) is 9.59 Å². The number of ether oxygens (including phenoxy) is 1. The summed E-state index contributed by atoms with van der Waals surface area (Å²) in [6.07, 6.45) is 1.78. The fraction of sp³-hybridized carbons (Fsp3) is 0.192. The van der Waals surface area contributed by atoms with Gasteiger partial charge in [0.15, 0.2) is 0 Å². The van der Waals surface area contributed by atoms with E-state index in [1.54, 1.807) is 25.4 Å². The van der Waals surface area contributed by atoms with E-state index in [0.717, 1.165) is 5.82 Å². The number of piperazine rings is 1. The number of para-hydroxylation sites is 2. The summed E-state index contributed by atoms with van der Waals surface area (Å²) in [5, 5.41) is 0. The Morgan fingerprint density at radius 3 is 2.12 bits per heavy atom. The molecule has 5 rings (SSSR count). The van der Waals surface area contributed by atoms with E-state index in [4.69, 9.17) is 4.74 Å². The largest absolute Gasteiger partial charge is 0.496 e. The number of hydrogen-bond acceptors (Lipinski definition) is 6. The summed E-state index contributed by atoms with van der Waals surface area (Å²) in [6, 6.07) is 22.2. The lowest BCUT2D eigenvalue weighted by atomic mass is 10.0. The molecule has 2 aliphatic heterocycles. The highest BCUT2D eigenvalue weighted by Gasteiger charge is 2.43. The minimum absolute atomic E-state index is 0.307. The SMILES string of the molecule is COc1ccccc1C1=C(N2CCN(c3ccccn3)CC2)C(=O)N(c2ccccc2)C1=O. The molecule has 0 bridgehead atoms. The molecule has 1 fully saturated rings. The molecule has 3 aromatic rings. The summed E-state index contributed by atoms with van der Waals surface area (Å²) >= 11 is 0. The molecule has 166 valence electrons. The Morgan fingerprint density at radius 2 is 1.42 bits per heavy atom. The minimum Gasteiger partial charge on any atom is -0.496 e. The van der Waals surface area contributed by atoms with E-state index in [1.165, 1.54) is 4.90 Å². The third kappa shape index (κ3) is 3.71. The zero-order valence-electron chi connectivity index (χ0n) is 18.3. The Kier molecular flexibility index (Phi) is 5.52. The maximum absolute atomic E-state index is 13.7. The van der Waals surface area contributed by atoms with Crippen LogP contribution in [0.4, 0.5) is 11.5 Å². The Labute approximate surface area is 192 Å². The smallest absolute Gasteiger partial charge is 0.282 e. The molecule has 7 heteroatoms. The number of aromatic nitrogens is 1. The van der Waals surface area contributed by atoms with Crippen molar-refractivity contribution >= 4 is 28.9 Å². The second-order valence-corrected chi connectivity index (χ2v) is 7.87. The molecule has 0 unspecified atom stereocenters. The van der Waals surface area contributed by atoms with E-state index in [-0.39, 0.29) is 11.8 Å². The van der Waals surface area contributed by atoms with Gasteiger partial charge in [-0.3, -0.25) is 9.59 Å². The number of amides is 2. The first-order valence-electron chi connectivity index (χ1n) is 10.9. The Bertz CT molecular complexity index is 1200. The molecule has 2 aromatic carbocycles. The number of carbonyl (C=O) groups excluding carboxylic acids is 2. The van der Waals surface area contributed by atoms with E-state index in [9.17, 15) is 9.59 Å². The van der Waals surface area contributed by atoms with E-state index in [1.807, 2.05) is 65.6 Å². The first kappa shape index (κ1) is 20.8. The van der Waals surface area contributed by atoms with Crippen LogP contribution in [0.1, 0.15) is 5.56 Å². The highest BCUT2D eigenvalue weighted by atomic mass is 16.5. The van der Waals surface area contributed by atoms with Gasteiger partial charge in [0, 0.05) is 37.9 Å². The zero-order valence-corrected chi connectivity index (χ0v) is 18.3. The molecule has 0 radical (unpaired) electrons. The molecule has 0 atom stereocenters. The van der Waals surface area contributed by atoms with Gasteiger partial charge in [-0.05, 0) is 30.3 Å². The van der Waals surface area contributed by atoms with Gasteiger partial charge in [-0.1, -0.05) is 42.5 Å². The molecule has 0 spiro atoms. The number of rotatable bonds is 5. The van der Waals surface area contributed by atoms with Crippen LogP contribution in [0.2, 0.25) is 0 Å². The maximum Gasteiger partial charge on any atom is 0.282 e.